The number of para-hydroxylation sites is 3. The van der Waals surface area contributed by atoms with Crippen LogP contribution in [-0.4, -0.2) is 48.5 Å². The van der Waals surface area contributed by atoms with E-state index in [9.17, 15) is 5.11 Å². The van der Waals surface area contributed by atoms with E-state index in [0.29, 0.717) is 6.54 Å². The van der Waals surface area contributed by atoms with Gasteiger partial charge in [-0.2, -0.15) is 0 Å². The predicted molar refractivity (Wildman–Crippen MR) is 120 cm³/mol. The van der Waals surface area contributed by atoms with E-state index < -0.39 is 0 Å². The van der Waals surface area contributed by atoms with Crippen LogP contribution in [0.5, 0.6) is 0 Å². The molecule has 1 fully saturated rings. The predicted octanol–water partition coefficient (Wildman–Crippen LogP) is 2.56. The summed E-state index contributed by atoms with van der Waals surface area (Å²) in [5, 5.41) is 13.4. The first-order valence-corrected chi connectivity index (χ1v) is 10.6. The lowest BCUT2D eigenvalue weighted by atomic mass is 10.2. The SMILES string of the molecule is O[C@@H](Cn1c2ccccc2c2ccccc21)C[NH+]1CCN(c2ccccc2)CC1. The number of aliphatic hydroxyl groups excluding tert-OH is 1. The Labute approximate surface area is 171 Å². The maximum absolute atomic E-state index is 10.9. The number of nitrogens with one attached hydrogen (secondary N) is 1. The van der Waals surface area contributed by atoms with Crippen LogP contribution in [0.3, 0.4) is 0 Å². The highest BCUT2D eigenvalue weighted by atomic mass is 16.3. The van der Waals surface area contributed by atoms with E-state index in [0.717, 1.165) is 32.7 Å². The molecular formula is C25H28N3O+. The third kappa shape index (κ3) is 3.61. The number of aromatic nitrogens is 1. The monoisotopic (exact) mass is 386 g/mol. The second-order valence-corrected chi connectivity index (χ2v) is 8.08. The van der Waals surface area contributed by atoms with Crippen LogP contribution in [0, 0.1) is 0 Å². The van der Waals surface area contributed by atoms with Gasteiger partial charge in [0.15, 0.2) is 0 Å². The molecule has 148 valence electrons. The van der Waals surface area contributed by atoms with Gasteiger partial charge in [0.25, 0.3) is 0 Å². The molecule has 3 aromatic carbocycles. The average Bonchev–Trinajstić information content (AvgIpc) is 3.09. The second kappa shape index (κ2) is 7.90. The number of hydrogen-bond acceptors (Lipinski definition) is 2. The lowest BCUT2D eigenvalue weighted by molar-refractivity contribution is -0.903. The first-order valence-electron chi connectivity index (χ1n) is 10.6. The van der Waals surface area contributed by atoms with E-state index in [-0.39, 0.29) is 6.10 Å². The van der Waals surface area contributed by atoms with Crippen LogP contribution in [0.2, 0.25) is 0 Å². The molecule has 0 saturated carbocycles. The first-order chi connectivity index (χ1) is 14.3. The smallest absolute Gasteiger partial charge is 0.121 e. The molecule has 0 unspecified atom stereocenters. The number of piperazine rings is 1. The van der Waals surface area contributed by atoms with Crippen molar-refractivity contribution in [3.05, 3.63) is 78.9 Å². The van der Waals surface area contributed by atoms with Gasteiger partial charge in [-0.05, 0) is 24.3 Å². The highest BCUT2D eigenvalue weighted by Gasteiger charge is 2.23. The Bertz CT molecular complexity index is 1040. The molecule has 0 amide bonds. The number of nitrogens with zero attached hydrogens (tertiary/aromatic N) is 2. The van der Waals surface area contributed by atoms with E-state index in [4.69, 9.17) is 0 Å². The van der Waals surface area contributed by atoms with E-state index in [2.05, 4.69) is 88.3 Å². The van der Waals surface area contributed by atoms with Gasteiger partial charge in [-0.25, -0.2) is 0 Å². The molecule has 1 aliphatic rings. The average molecular weight is 387 g/mol. The lowest BCUT2D eigenvalue weighted by Crippen LogP contribution is -3.15. The molecule has 4 nitrogen and oxygen atoms in total. The van der Waals surface area contributed by atoms with Crippen LogP contribution in [0.15, 0.2) is 78.9 Å². The van der Waals surface area contributed by atoms with E-state index in [1.165, 1.54) is 32.4 Å². The van der Waals surface area contributed by atoms with Crippen molar-refractivity contribution in [2.75, 3.05) is 37.6 Å². The van der Waals surface area contributed by atoms with Crippen LogP contribution in [0.4, 0.5) is 5.69 Å². The topological polar surface area (TPSA) is 32.8 Å². The minimum Gasteiger partial charge on any atom is -0.385 e. The van der Waals surface area contributed by atoms with Crippen molar-refractivity contribution in [3.63, 3.8) is 0 Å². The zero-order chi connectivity index (χ0) is 19.6. The zero-order valence-electron chi connectivity index (χ0n) is 16.7. The Hall–Kier alpha value is -2.82. The zero-order valence-corrected chi connectivity index (χ0v) is 16.7. The van der Waals surface area contributed by atoms with E-state index in [1.807, 2.05) is 0 Å². The molecule has 0 spiro atoms. The number of anilines is 1. The summed E-state index contributed by atoms with van der Waals surface area (Å²) in [6.45, 7) is 5.66. The molecular weight excluding hydrogens is 358 g/mol. The van der Waals surface area contributed by atoms with Gasteiger partial charge in [-0.15, -0.1) is 0 Å². The molecule has 1 aliphatic heterocycles. The maximum atomic E-state index is 10.9. The summed E-state index contributed by atoms with van der Waals surface area (Å²) in [7, 11) is 0. The van der Waals surface area contributed by atoms with Crippen molar-refractivity contribution in [1.82, 2.24) is 4.57 Å². The van der Waals surface area contributed by atoms with Crippen LogP contribution in [-0.2, 0) is 6.54 Å². The summed E-state index contributed by atoms with van der Waals surface area (Å²) < 4.78 is 2.29. The van der Waals surface area contributed by atoms with E-state index >= 15 is 0 Å². The Morgan fingerprint density at radius 1 is 0.759 bits per heavy atom. The summed E-state index contributed by atoms with van der Waals surface area (Å²) in [5.41, 5.74) is 3.71. The molecule has 29 heavy (non-hydrogen) atoms. The van der Waals surface area contributed by atoms with Crippen LogP contribution in [0.1, 0.15) is 0 Å². The number of fused-ring (bicyclic) bond motifs is 3. The van der Waals surface area contributed by atoms with Gasteiger partial charge < -0.3 is 19.5 Å². The highest BCUT2D eigenvalue weighted by Crippen LogP contribution is 2.28. The summed E-state index contributed by atoms with van der Waals surface area (Å²) in [4.78, 5) is 3.94. The molecule has 5 rings (SSSR count). The third-order valence-electron chi connectivity index (χ3n) is 6.19. The fraction of sp³-hybridized carbons (Fsp3) is 0.280. The lowest BCUT2D eigenvalue weighted by Gasteiger charge is -2.34. The summed E-state index contributed by atoms with van der Waals surface area (Å²) in [5.74, 6) is 0. The molecule has 2 heterocycles. The minimum absolute atomic E-state index is 0.354. The summed E-state index contributed by atoms with van der Waals surface area (Å²) in [6, 6.07) is 27.6. The number of quaternary nitrogens is 1. The number of hydrogen-bond donors (Lipinski definition) is 2. The van der Waals surface area contributed by atoms with Crippen LogP contribution < -0.4 is 9.80 Å². The Kier molecular flexibility index (Phi) is 4.96. The summed E-state index contributed by atoms with van der Waals surface area (Å²) in [6.07, 6.45) is -0.354. The number of benzene rings is 3. The minimum atomic E-state index is -0.354. The van der Waals surface area contributed by atoms with Crippen molar-refractivity contribution in [2.24, 2.45) is 0 Å². The molecule has 1 atom stereocenters. The molecule has 4 aromatic rings. The van der Waals surface area contributed by atoms with Gasteiger partial charge in [-0.1, -0.05) is 54.6 Å². The van der Waals surface area contributed by atoms with E-state index in [1.54, 1.807) is 0 Å². The van der Waals surface area contributed by atoms with Gasteiger partial charge in [0.1, 0.15) is 12.6 Å². The molecule has 0 radical (unpaired) electrons. The molecule has 0 bridgehead atoms. The van der Waals surface area contributed by atoms with Gasteiger partial charge in [-0.3, -0.25) is 0 Å². The second-order valence-electron chi connectivity index (χ2n) is 8.08. The van der Waals surface area contributed by atoms with Crippen molar-refractivity contribution < 1.29 is 10.0 Å². The molecule has 1 saturated heterocycles. The van der Waals surface area contributed by atoms with Gasteiger partial charge in [0.05, 0.1) is 32.7 Å². The summed E-state index contributed by atoms with van der Waals surface area (Å²) >= 11 is 0. The van der Waals surface area contributed by atoms with Gasteiger partial charge in [0, 0.05) is 27.5 Å². The van der Waals surface area contributed by atoms with Crippen molar-refractivity contribution in [1.29, 1.82) is 0 Å². The fourth-order valence-corrected chi connectivity index (χ4v) is 4.73. The van der Waals surface area contributed by atoms with Gasteiger partial charge in [0.2, 0.25) is 0 Å². The Morgan fingerprint density at radius 3 is 1.93 bits per heavy atom. The number of rotatable bonds is 5. The van der Waals surface area contributed by atoms with Crippen LogP contribution >= 0.6 is 0 Å². The van der Waals surface area contributed by atoms with Crippen LogP contribution in [0.25, 0.3) is 21.8 Å². The number of aliphatic hydroxyl groups is 1. The Balaban J connectivity index is 1.27. The molecule has 1 aromatic heterocycles. The molecule has 0 aliphatic carbocycles. The fourth-order valence-electron chi connectivity index (χ4n) is 4.73. The molecule has 4 heteroatoms. The quantitative estimate of drug-likeness (QED) is 0.553. The maximum Gasteiger partial charge on any atom is 0.121 e. The van der Waals surface area contributed by atoms with Crippen molar-refractivity contribution in [3.8, 4) is 0 Å². The third-order valence-corrected chi connectivity index (χ3v) is 6.19. The van der Waals surface area contributed by atoms with Crippen molar-refractivity contribution >= 4 is 27.5 Å². The normalized spacial score (nSPS) is 16.5. The first kappa shape index (κ1) is 18.2. The Morgan fingerprint density at radius 2 is 1.31 bits per heavy atom. The standard InChI is InChI=1S/C25H27N3O/c29-21(18-26-14-16-27(17-15-26)20-8-2-1-3-9-20)19-28-24-12-6-4-10-22(24)23-11-5-7-13-25(23)28/h1-13,21,29H,14-19H2/p+1/t21-/m1/s1. The highest BCUT2D eigenvalue weighted by molar-refractivity contribution is 6.07. The largest absolute Gasteiger partial charge is 0.385 e. The van der Waals surface area contributed by atoms with Gasteiger partial charge >= 0.3 is 0 Å². The molecule has 2 N–H and O–H groups in total. The van der Waals surface area contributed by atoms with Crippen molar-refractivity contribution in [2.45, 2.75) is 12.6 Å².